The first kappa shape index (κ1) is 24.6. The summed E-state index contributed by atoms with van der Waals surface area (Å²) in [6, 6.07) is 17.1. The number of Topliss-reactive ketones (excluding diaryl/α,β-unsaturated/α-hetero) is 1. The van der Waals surface area contributed by atoms with E-state index in [9.17, 15) is 15.3 Å². The standard InChI is InChI=1S/C24H12Cl3N5O2S/c25-13-3-1-2-12(6-13)22-16(9-28)23(30)31-24(17(22)10-29)35-11-20(33)21-8-19(32-34-21)15-5-4-14(26)7-18(15)27/h1-8H,11H2,(H2,30,31). The fourth-order valence-electron chi connectivity index (χ4n) is 3.27. The second-order valence-electron chi connectivity index (χ2n) is 7.07. The maximum absolute atomic E-state index is 12.8. The Hall–Kier alpha value is -3.53. The monoisotopic (exact) mass is 539 g/mol. The predicted molar refractivity (Wildman–Crippen MR) is 136 cm³/mol. The zero-order chi connectivity index (χ0) is 25.1. The number of thioether (sulfide) groups is 1. The molecule has 0 radical (unpaired) electrons. The summed E-state index contributed by atoms with van der Waals surface area (Å²) in [5.74, 6) is -0.563. The van der Waals surface area contributed by atoms with Crippen molar-refractivity contribution < 1.29 is 9.32 Å². The zero-order valence-corrected chi connectivity index (χ0v) is 20.6. The molecule has 0 fully saturated rings. The molecular weight excluding hydrogens is 529 g/mol. The highest BCUT2D eigenvalue weighted by Gasteiger charge is 2.23. The van der Waals surface area contributed by atoms with Gasteiger partial charge in [0.1, 0.15) is 34.2 Å². The molecule has 2 aromatic carbocycles. The first-order valence-electron chi connectivity index (χ1n) is 9.80. The molecule has 35 heavy (non-hydrogen) atoms. The number of aromatic nitrogens is 2. The van der Waals surface area contributed by atoms with Gasteiger partial charge in [-0.15, -0.1) is 0 Å². The molecule has 2 heterocycles. The lowest BCUT2D eigenvalue weighted by Crippen LogP contribution is -2.06. The van der Waals surface area contributed by atoms with Crippen LogP contribution in [-0.2, 0) is 0 Å². The van der Waals surface area contributed by atoms with Crippen molar-refractivity contribution in [3.05, 3.63) is 80.5 Å². The maximum atomic E-state index is 12.8. The van der Waals surface area contributed by atoms with E-state index in [0.717, 1.165) is 11.8 Å². The average Bonchev–Trinajstić information content (AvgIpc) is 3.32. The molecule has 0 bridgehead atoms. The number of anilines is 1. The summed E-state index contributed by atoms with van der Waals surface area (Å²) in [4.78, 5) is 17.0. The molecule has 2 aromatic heterocycles. The highest BCUT2D eigenvalue weighted by molar-refractivity contribution is 8.00. The molecule has 0 unspecified atom stereocenters. The zero-order valence-electron chi connectivity index (χ0n) is 17.6. The molecule has 4 aromatic rings. The van der Waals surface area contributed by atoms with Crippen LogP contribution in [0.15, 0.2) is 58.1 Å². The van der Waals surface area contributed by atoms with Gasteiger partial charge in [-0.1, -0.05) is 63.9 Å². The Kier molecular flexibility index (Phi) is 7.30. The average molecular weight is 541 g/mol. The smallest absolute Gasteiger partial charge is 0.211 e. The number of pyridine rings is 1. The summed E-state index contributed by atoms with van der Waals surface area (Å²) in [5.41, 5.74) is 7.96. The Labute approximate surface area is 219 Å². The van der Waals surface area contributed by atoms with Crippen LogP contribution in [0.1, 0.15) is 21.7 Å². The van der Waals surface area contributed by atoms with Crippen molar-refractivity contribution in [2.24, 2.45) is 0 Å². The van der Waals surface area contributed by atoms with Crippen LogP contribution in [0.25, 0.3) is 22.4 Å². The summed E-state index contributed by atoms with van der Waals surface area (Å²) in [5, 5.41) is 24.9. The van der Waals surface area contributed by atoms with Crippen LogP contribution in [0.3, 0.4) is 0 Å². The summed E-state index contributed by atoms with van der Waals surface area (Å²) >= 11 is 19.2. The van der Waals surface area contributed by atoms with Gasteiger partial charge in [0.05, 0.1) is 16.3 Å². The van der Waals surface area contributed by atoms with E-state index in [1.165, 1.54) is 6.07 Å². The number of rotatable bonds is 6. The van der Waals surface area contributed by atoms with E-state index in [2.05, 4.69) is 16.2 Å². The summed E-state index contributed by atoms with van der Waals surface area (Å²) < 4.78 is 5.21. The van der Waals surface area contributed by atoms with Gasteiger partial charge in [-0.3, -0.25) is 4.79 Å². The molecule has 0 spiro atoms. The minimum absolute atomic E-state index is 0.00806. The first-order chi connectivity index (χ1) is 16.8. The third-order valence-electron chi connectivity index (χ3n) is 4.86. The number of ketones is 1. The molecule has 2 N–H and O–H groups in total. The van der Waals surface area contributed by atoms with Gasteiger partial charge in [-0.25, -0.2) is 4.98 Å². The lowest BCUT2D eigenvalue weighted by molar-refractivity contribution is 0.0983. The Morgan fingerprint density at radius 1 is 1.03 bits per heavy atom. The second-order valence-corrected chi connectivity index (χ2v) is 9.32. The third kappa shape index (κ3) is 5.12. The van der Waals surface area contributed by atoms with Gasteiger partial charge in [0, 0.05) is 27.2 Å². The van der Waals surface area contributed by atoms with E-state index < -0.39 is 5.78 Å². The topological polar surface area (TPSA) is 130 Å². The van der Waals surface area contributed by atoms with Crippen molar-refractivity contribution in [1.82, 2.24) is 10.1 Å². The number of nitriles is 2. The van der Waals surface area contributed by atoms with Crippen molar-refractivity contribution in [3.63, 3.8) is 0 Å². The van der Waals surface area contributed by atoms with Crippen LogP contribution < -0.4 is 5.73 Å². The molecule has 172 valence electrons. The van der Waals surface area contributed by atoms with Crippen LogP contribution >= 0.6 is 46.6 Å². The maximum Gasteiger partial charge on any atom is 0.211 e. The normalized spacial score (nSPS) is 10.5. The van der Waals surface area contributed by atoms with E-state index in [4.69, 9.17) is 45.1 Å². The van der Waals surface area contributed by atoms with Gasteiger partial charge >= 0.3 is 0 Å². The van der Waals surface area contributed by atoms with Gasteiger partial charge in [0.2, 0.25) is 11.5 Å². The Balaban J connectivity index is 1.63. The number of benzene rings is 2. The minimum Gasteiger partial charge on any atom is -0.383 e. The first-order valence-corrected chi connectivity index (χ1v) is 11.9. The molecule has 0 amide bonds. The number of hydrogen-bond donors (Lipinski definition) is 1. The Morgan fingerprint density at radius 2 is 1.77 bits per heavy atom. The van der Waals surface area contributed by atoms with Gasteiger partial charge < -0.3 is 10.3 Å². The van der Waals surface area contributed by atoms with Crippen molar-refractivity contribution in [2.75, 3.05) is 11.5 Å². The molecule has 0 aliphatic rings. The molecular formula is C24H12Cl3N5O2S. The molecule has 0 saturated carbocycles. The second kappa shape index (κ2) is 10.4. The number of hydrogen-bond acceptors (Lipinski definition) is 8. The molecule has 0 saturated heterocycles. The van der Waals surface area contributed by atoms with Crippen molar-refractivity contribution in [1.29, 1.82) is 10.5 Å². The molecule has 0 aliphatic carbocycles. The van der Waals surface area contributed by atoms with Gasteiger partial charge in [0.15, 0.2) is 0 Å². The number of nitrogen functional groups attached to an aromatic ring is 1. The number of carbonyl (C=O) groups is 1. The van der Waals surface area contributed by atoms with Crippen molar-refractivity contribution in [3.8, 4) is 34.5 Å². The fraction of sp³-hybridized carbons (Fsp3) is 0.0417. The summed E-state index contributed by atoms with van der Waals surface area (Å²) in [6.45, 7) is 0. The number of nitrogens with two attached hydrogens (primary N) is 1. The Morgan fingerprint density at radius 3 is 2.46 bits per heavy atom. The summed E-state index contributed by atoms with van der Waals surface area (Å²) in [6.07, 6.45) is 0. The van der Waals surface area contributed by atoms with E-state index in [1.54, 1.807) is 42.5 Å². The lowest BCUT2D eigenvalue weighted by atomic mass is 9.97. The van der Waals surface area contributed by atoms with Crippen LogP contribution in [0, 0.1) is 22.7 Å². The van der Waals surface area contributed by atoms with E-state index in [0.29, 0.717) is 37.5 Å². The molecule has 4 rings (SSSR count). The van der Waals surface area contributed by atoms with Crippen LogP contribution in [0.4, 0.5) is 5.82 Å². The lowest BCUT2D eigenvalue weighted by Gasteiger charge is -2.12. The van der Waals surface area contributed by atoms with Crippen molar-refractivity contribution in [2.45, 2.75) is 5.03 Å². The molecule has 11 heteroatoms. The van der Waals surface area contributed by atoms with Gasteiger partial charge in [0.25, 0.3) is 0 Å². The SMILES string of the molecule is N#Cc1c(N)nc(SCC(=O)c2cc(-c3ccc(Cl)cc3Cl)no2)c(C#N)c1-c1cccc(Cl)c1. The van der Waals surface area contributed by atoms with Crippen molar-refractivity contribution >= 4 is 58.2 Å². The quantitative estimate of drug-likeness (QED) is 0.212. The van der Waals surface area contributed by atoms with Crippen LogP contribution in [-0.4, -0.2) is 21.7 Å². The van der Waals surface area contributed by atoms with Gasteiger partial charge in [-0.2, -0.15) is 10.5 Å². The minimum atomic E-state index is -0.392. The molecule has 7 nitrogen and oxygen atoms in total. The summed E-state index contributed by atoms with van der Waals surface area (Å²) in [7, 11) is 0. The van der Waals surface area contributed by atoms with Gasteiger partial charge in [-0.05, 0) is 35.9 Å². The highest BCUT2D eigenvalue weighted by atomic mass is 35.5. The number of carbonyl (C=O) groups excluding carboxylic acids is 1. The predicted octanol–water partition coefficient (Wildman–Crippen LogP) is 6.66. The van der Waals surface area contributed by atoms with E-state index >= 15 is 0 Å². The molecule has 0 atom stereocenters. The fourth-order valence-corrected chi connectivity index (χ4v) is 4.83. The molecule has 0 aliphatic heterocycles. The van der Waals surface area contributed by atoms with E-state index in [1.807, 2.05) is 6.07 Å². The van der Waals surface area contributed by atoms with Crippen LogP contribution in [0.2, 0.25) is 15.1 Å². The number of nitrogens with zero attached hydrogens (tertiary/aromatic N) is 4. The van der Waals surface area contributed by atoms with E-state index in [-0.39, 0.29) is 33.5 Å². The third-order valence-corrected chi connectivity index (χ3v) is 6.62. The van der Waals surface area contributed by atoms with Crippen LogP contribution in [0.5, 0.6) is 0 Å². The largest absolute Gasteiger partial charge is 0.383 e. The highest BCUT2D eigenvalue weighted by Crippen LogP contribution is 2.37. The Bertz CT molecular complexity index is 1560. The number of halogens is 3.